The lowest BCUT2D eigenvalue weighted by atomic mass is 10.2. The van der Waals surface area contributed by atoms with E-state index in [1.54, 1.807) is 17.9 Å². The number of alkyl halides is 3. The molecule has 0 aliphatic rings. The molecule has 0 saturated carbocycles. The molecule has 0 aliphatic carbocycles. The number of methoxy groups -OCH3 is 1. The Kier molecular flexibility index (Phi) is 8.96. The van der Waals surface area contributed by atoms with Crippen LogP contribution < -0.4 is 20.7 Å². The summed E-state index contributed by atoms with van der Waals surface area (Å²) in [6.45, 7) is 3.06. The average molecular weight is 494 g/mol. The van der Waals surface area contributed by atoms with Crippen LogP contribution in [0.15, 0.2) is 54.7 Å². The highest BCUT2D eigenvalue weighted by Crippen LogP contribution is 2.30. The Morgan fingerprint density at radius 3 is 2.31 bits per heavy atom. The number of aliphatic hydroxyl groups excluding tert-OH is 2. The van der Waals surface area contributed by atoms with Crippen LogP contribution in [-0.2, 0) is 19.3 Å². The van der Waals surface area contributed by atoms with Crippen LogP contribution in [0.2, 0.25) is 0 Å². The number of anilines is 2. The lowest BCUT2D eigenvalue weighted by molar-refractivity contribution is -0.137. The molecule has 1 unspecified atom stereocenters. The summed E-state index contributed by atoms with van der Waals surface area (Å²) >= 11 is 0. The molecule has 2 atom stereocenters. The van der Waals surface area contributed by atoms with Gasteiger partial charge in [-0.3, -0.25) is 5.32 Å². The molecule has 3 rings (SSSR count). The predicted octanol–water partition coefficient (Wildman–Crippen LogP) is 4.29. The Morgan fingerprint density at radius 2 is 1.71 bits per heavy atom. The van der Waals surface area contributed by atoms with Crippen molar-refractivity contribution in [1.29, 1.82) is 0 Å². The zero-order chi connectivity index (χ0) is 25.4. The molecule has 0 amide bonds. The fraction of sp³-hybridized carbons (Fsp3) is 0.375. The van der Waals surface area contributed by atoms with Gasteiger partial charge < -0.3 is 30.2 Å². The van der Waals surface area contributed by atoms with Crippen molar-refractivity contribution in [1.82, 2.24) is 14.9 Å². The maximum absolute atomic E-state index is 12.7. The van der Waals surface area contributed by atoms with Gasteiger partial charge in [0, 0.05) is 25.0 Å². The molecule has 2 aromatic carbocycles. The number of ether oxygens (including phenoxy) is 1. The fourth-order valence-corrected chi connectivity index (χ4v) is 3.36. The van der Waals surface area contributed by atoms with Gasteiger partial charge in [0.1, 0.15) is 11.6 Å². The second-order valence-corrected chi connectivity index (χ2v) is 7.93. The van der Waals surface area contributed by atoms with Crippen molar-refractivity contribution in [2.75, 3.05) is 17.7 Å². The van der Waals surface area contributed by atoms with Gasteiger partial charge in [0.05, 0.1) is 12.7 Å². The molecular formula is C24H30F3N5O3. The molecule has 0 radical (unpaired) electrons. The van der Waals surface area contributed by atoms with Crippen molar-refractivity contribution in [2.45, 2.75) is 51.6 Å². The van der Waals surface area contributed by atoms with Crippen molar-refractivity contribution in [2.24, 2.45) is 0 Å². The Bertz CT molecular complexity index is 1060. The molecular weight excluding hydrogens is 463 g/mol. The highest BCUT2D eigenvalue weighted by atomic mass is 19.4. The quantitative estimate of drug-likeness (QED) is 0.240. The van der Waals surface area contributed by atoms with Crippen molar-refractivity contribution in [3.05, 3.63) is 71.7 Å². The number of benzene rings is 2. The first kappa shape index (κ1) is 26.3. The first-order chi connectivity index (χ1) is 16.7. The minimum absolute atomic E-state index is 0.296. The van der Waals surface area contributed by atoms with Crippen LogP contribution in [0.4, 0.5) is 24.7 Å². The number of unbranched alkanes of at least 4 members (excludes halogenated alkanes) is 1. The molecule has 0 aliphatic heterocycles. The van der Waals surface area contributed by atoms with Gasteiger partial charge in [0.2, 0.25) is 6.35 Å². The molecule has 0 fully saturated rings. The molecule has 1 heterocycles. The highest BCUT2D eigenvalue weighted by molar-refractivity contribution is 5.47. The minimum Gasteiger partial charge on any atom is -0.497 e. The summed E-state index contributed by atoms with van der Waals surface area (Å²) in [5.41, 5.74) is 0.469. The number of nitrogens with one attached hydrogen (secondary N) is 3. The molecule has 0 saturated heterocycles. The van der Waals surface area contributed by atoms with Gasteiger partial charge >= 0.3 is 6.18 Å². The first-order valence-electron chi connectivity index (χ1n) is 11.2. The van der Waals surface area contributed by atoms with E-state index in [0.717, 1.165) is 36.3 Å². The summed E-state index contributed by atoms with van der Waals surface area (Å²) in [6.07, 6.45) is -3.35. The lowest BCUT2D eigenvalue weighted by Gasteiger charge is -2.16. The molecule has 3 aromatic rings. The Morgan fingerprint density at radius 1 is 1.03 bits per heavy atom. The van der Waals surface area contributed by atoms with E-state index in [9.17, 15) is 23.4 Å². The monoisotopic (exact) mass is 493 g/mol. The zero-order valence-corrected chi connectivity index (χ0v) is 19.5. The number of aromatic nitrogens is 2. The van der Waals surface area contributed by atoms with E-state index in [4.69, 9.17) is 4.74 Å². The van der Waals surface area contributed by atoms with E-state index in [1.165, 1.54) is 12.1 Å². The normalized spacial score (nSPS) is 13.3. The number of aryl methyl sites for hydroxylation is 1. The van der Waals surface area contributed by atoms with Crippen LogP contribution in [0.1, 0.15) is 42.9 Å². The Labute approximate surface area is 201 Å². The van der Waals surface area contributed by atoms with E-state index in [2.05, 4.69) is 20.9 Å². The molecule has 0 bridgehead atoms. The van der Waals surface area contributed by atoms with Crippen molar-refractivity contribution in [3.8, 4) is 5.75 Å². The van der Waals surface area contributed by atoms with Gasteiger partial charge in [-0.05, 0) is 48.4 Å². The summed E-state index contributed by atoms with van der Waals surface area (Å²) in [5.74, 6) is 1.41. The summed E-state index contributed by atoms with van der Waals surface area (Å²) < 4.78 is 45.1. The van der Waals surface area contributed by atoms with Crippen molar-refractivity contribution >= 4 is 11.5 Å². The Balaban J connectivity index is 1.64. The summed E-state index contributed by atoms with van der Waals surface area (Å²) in [5, 5.41) is 29.5. The van der Waals surface area contributed by atoms with E-state index in [1.807, 2.05) is 31.2 Å². The fourth-order valence-electron chi connectivity index (χ4n) is 3.36. The lowest BCUT2D eigenvalue weighted by Crippen LogP contribution is -2.28. The van der Waals surface area contributed by atoms with E-state index >= 15 is 0 Å². The standard InChI is InChI=1S/C24H30F3N5O3/c1-3-4-13-32-15-20(31-23(34)29-18-9-7-17(8-10-18)24(25,26)27)30-21(32)22(33)28-14-16-5-11-19(35-2)12-6-16/h5-12,15,22-23,28-29,31,33-34H,3-4,13-14H2,1-2H3/t22-,23?/m1/s1. The third kappa shape index (κ3) is 7.61. The second kappa shape index (κ2) is 11.9. The number of imidazole rings is 1. The molecule has 0 spiro atoms. The van der Waals surface area contributed by atoms with Gasteiger partial charge in [-0.2, -0.15) is 13.2 Å². The molecule has 190 valence electrons. The van der Waals surface area contributed by atoms with Crippen molar-refractivity contribution in [3.63, 3.8) is 0 Å². The summed E-state index contributed by atoms with van der Waals surface area (Å²) in [7, 11) is 1.59. The van der Waals surface area contributed by atoms with Crippen LogP contribution >= 0.6 is 0 Å². The summed E-state index contributed by atoms with van der Waals surface area (Å²) in [4.78, 5) is 4.40. The predicted molar refractivity (Wildman–Crippen MR) is 127 cm³/mol. The number of hydrogen-bond acceptors (Lipinski definition) is 7. The third-order valence-electron chi connectivity index (χ3n) is 5.26. The molecule has 8 nitrogen and oxygen atoms in total. The zero-order valence-electron chi connectivity index (χ0n) is 19.5. The largest absolute Gasteiger partial charge is 0.497 e. The van der Waals surface area contributed by atoms with Crippen LogP contribution in [0, 0.1) is 0 Å². The van der Waals surface area contributed by atoms with Crippen LogP contribution in [0.3, 0.4) is 0 Å². The second-order valence-electron chi connectivity index (χ2n) is 7.93. The maximum atomic E-state index is 12.7. The minimum atomic E-state index is -4.43. The van der Waals surface area contributed by atoms with Gasteiger partial charge in [0.15, 0.2) is 12.1 Å². The number of hydrogen-bond donors (Lipinski definition) is 5. The number of halogens is 3. The van der Waals surface area contributed by atoms with E-state index in [0.29, 0.717) is 30.4 Å². The number of rotatable bonds is 12. The molecule has 5 N–H and O–H groups in total. The Hall–Kier alpha value is -3.28. The topological polar surface area (TPSA) is 104 Å². The summed E-state index contributed by atoms with van der Waals surface area (Å²) in [6, 6.07) is 11.8. The first-order valence-corrected chi connectivity index (χ1v) is 11.2. The SMILES string of the molecule is CCCCn1cc(NC(O)Nc2ccc(C(F)(F)F)cc2)nc1[C@@H](O)NCc1ccc(OC)cc1. The average Bonchev–Trinajstić information content (AvgIpc) is 3.23. The van der Waals surface area contributed by atoms with Gasteiger partial charge in [-0.1, -0.05) is 25.5 Å². The van der Waals surface area contributed by atoms with Crippen LogP contribution in [0.25, 0.3) is 0 Å². The number of aliphatic hydroxyl groups is 2. The molecule has 11 heteroatoms. The highest BCUT2D eigenvalue weighted by Gasteiger charge is 2.30. The smallest absolute Gasteiger partial charge is 0.416 e. The van der Waals surface area contributed by atoms with Crippen LogP contribution in [-0.4, -0.2) is 33.2 Å². The van der Waals surface area contributed by atoms with Gasteiger partial charge in [-0.15, -0.1) is 0 Å². The number of nitrogens with zero attached hydrogens (tertiary/aromatic N) is 2. The molecule has 1 aromatic heterocycles. The van der Waals surface area contributed by atoms with Crippen LogP contribution in [0.5, 0.6) is 5.75 Å². The maximum Gasteiger partial charge on any atom is 0.416 e. The molecule has 35 heavy (non-hydrogen) atoms. The third-order valence-corrected chi connectivity index (χ3v) is 5.26. The van der Waals surface area contributed by atoms with Gasteiger partial charge in [0.25, 0.3) is 0 Å². The van der Waals surface area contributed by atoms with E-state index < -0.39 is 24.3 Å². The van der Waals surface area contributed by atoms with Crippen molar-refractivity contribution < 1.29 is 28.1 Å². The van der Waals surface area contributed by atoms with E-state index in [-0.39, 0.29) is 0 Å². The van der Waals surface area contributed by atoms with Gasteiger partial charge in [-0.25, -0.2) is 4.98 Å².